The van der Waals surface area contributed by atoms with E-state index in [4.69, 9.17) is 4.74 Å². The molecule has 3 atom stereocenters. The highest BCUT2D eigenvalue weighted by Crippen LogP contribution is 2.42. The van der Waals surface area contributed by atoms with E-state index in [1.54, 1.807) is 0 Å². The average Bonchev–Trinajstić information content (AvgIpc) is 2.75. The molecule has 0 aromatic carbocycles. The summed E-state index contributed by atoms with van der Waals surface area (Å²) in [7, 11) is 0. The topological polar surface area (TPSA) is 21.3 Å². The Bertz CT molecular complexity index is 267. The molecule has 2 aliphatic carbocycles. The second-order valence-electron chi connectivity index (χ2n) is 6.05. The summed E-state index contributed by atoms with van der Waals surface area (Å²) in [6.45, 7) is 0.980. The van der Waals surface area contributed by atoms with Crippen LogP contribution in [0.1, 0.15) is 51.4 Å². The fourth-order valence-corrected chi connectivity index (χ4v) is 4.74. The molecule has 0 bridgehead atoms. The van der Waals surface area contributed by atoms with Gasteiger partial charge in [0.2, 0.25) is 0 Å². The lowest BCUT2D eigenvalue weighted by Crippen LogP contribution is -2.53. The van der Waals surface area contributed by atoms with E-state index in [9.17, 15) is 0 Å². The monoisotopic (exact) mass is 255 g/mol. The molecule has 3 fully saturated rings. The molecular formula is C14H25NOS. The first kappa shape index (κ1) is 12.3. The molecule has 0 amide bonds. The van der Waals surface area contributed by atoms with Crippen LogP contribution in [0.5, 0.6) is 0 Å². The predicted octanol–water partition coefficient (Wildman–Crippen LogP) is 2.96. The summed E-state index contributed by atoms with van der Waals surface area (Å²) < 4.78 is 6.00. The van der Waals surface area contributed by atoms with Gasteiger partial charge in [0.25, 0.3) is 0 Å². The first-order valence-corrected chi connectivity index (χ1v) is 8.53. The highest BCUT2D eigenvalue weighted by Gasteiger charge is 2.43. The Hall–Kier alpha value is 0.270. The zero-order valence-electron chi connectivity index (χ0n) is 10.9. The molecule has 2 saturated carbocycles. The lowest BCUT2D eigenvalue weighted by molar-refractivity contribution is -0.136. The standard InChI is InChI=1S/C14H25NOS/c1-17-13-5-2-4-12(13)15-11-6-9-16-14(10-11)7-3-8-14/h11-13,15H,2-10H2,1H3. The fourth-order valence-electron chi connectivity index (χ4n) is 3.79. The van der Waals surface area contributed by atoms with E-state index in [1.807, 2.05) is 0 Å². The molecule has 0 aromatic rings. The zero-order valence-corrected chi connectivity index (χ0v) is 11.7. The van der Waals surface area contributed by atoms with Crippen LogP contribution in [0.2, 0.25) is 0 Å². The van der Waals surface area contributed by atoms with Gasteiger partial charge in [0.15, 0.2) is 0 Å². The van der Waals surface area contributed by atoms with Crippen molar-refractivity contribution in [2.75, 3.05) is 12.9 Å². The van der Waals surface area contributed by atoms with Crippen LogP contribution in [0.3, 0.4) is 0 Å². The Kier molecular flexibility index (Phi) is 3.69. The summed E-state index contributed by atoms with van der Waals surface area (Å²) in [4.78, 5) is 0. The third-order valence-corrected chi connectivity index (χ3v) is 6.13. The van der Waals surface area contributed by atoms with Crippen molar-refractivity contribution in [1.29, 1.82) is 0 Å². The summed E-state index contributed by atoms with van der Waals surface area (Å²) in [6.07, 6.45) is 13.0. The molecule has 3 heteroatoms. The van der Waals surface area contributed by atoms with Crippen molar-refractivity contribution in [3.05, 3.63) is 0 Å². The third kappa shape index (κ3) is 2.52. The van der Waals surface area contributed by atoms with Crippen LogP contribution in [-0.2, 0) is 4.74 Å². The van der Waals surface area contributed by atoms with Crippen LogP contribution in [-0.4, -0.2) is 35.8 Å². The van der Waals surface area contributed by atoms with Gasteiger partial charge in [0, 0.05) is 23.9 Å². The van der Waals surface area contributed by atoms with Crippen LogP contribution < -0.4 is 5.32 Å². The highest BCUT2D eigenvalue weighted by atomic mass is 32.2. The van der Waals surface area contributed by atoms with Gasteiger partial charge in [0.1, 0.15) is 0 Å². The average molecular weight is 255 g/mol. The van der Waals surface area contributed by atoms with Gasteiger partial charge in [-0.2, -0.15) is 11.8 Å². The molecule has 1 saturated heterocycles. The molecule has 3 aliphatic rings. The van der Waals surface area contributed by atoms with Crippen molar-refractivity contribution >= 4 is 11.8 Å². The smallest absolute Gasteiger partial charge is 0.0697 e. The SMILES string of the molecule is CSC1CCCC1NC1CCOC2(CCC2)C1. The highest BCUT2D eigenvalue weighted by molar-refractivity contribution is 7.99. The second-order valence-corrected chi connectivity index (χ2v) is 7.13. The van der Waals surface area contributed by atoms with Gasteiger partial charge in [0.05, 0.1) is 5.60 Å². The van der Waals surface area contributed by atoms with E-state index in [2.05, 4.69) is 23.3 Å². The Morgan fingerprint density at radius 3 is 2.76 bits per heavy atom. The minimum absolute atomic E-state index is 0.295. The van der Waals surface area contributed by atoms with Gasteiger partial charge < -0.3 is 10.1 Å². The number of hydrogen-bond donors (Lipinski definition) is 1. The summed E-state index contributed by atoms with van der Waals surface area (Å²) in [5.41, 5.74) is 0.295. The van der Waals surface area contributed by atoms with E-state index >= 15 is 0 Å². The first-order valence-electron chi connectivity index (χ1n) is 7.24. The van der Waals surface area contributed by atoms with Gasteiger partial charge in [-0.25, -0.2) is 0 Å². The number of rotatable bonds is 3. The first-order chi connectivity index (χ1) is 8.31. The Morgan fingerprint density at radius 1 is 1.18 bits per heavy atom. The van der Waals surface area contributed by atoms with E-state index in [1.165, 1.54) is 51.4 Å². The molecule has 1 heterocycles. The summed E-state index contributed by atoms with van der Waals surface area (Å²) in [6, 6.07) is 1.49. The van der Waals surface area contributed by atoms with Crippen LogP contribution in [0, 0.1) is 0 Å². The molecule has 0 radical (unpaired) electrons. The predicted molar refractivity (Wildman–Crippen MR) is 73.6 cm³/mol. The maximum absolute atomic E-state index is 6.00. The van der Waals surface area contributed by atoms with Crippen LogP contribution in [0.25, 0.3) is 0 Å². The molecule has 1 aliphatic heterocycles. The third-order valence-electron chi connectivity index (χ3n) is 4.96. The Balaban J connectivity index is 1.54. The van der Waals surface area contributed by atoms with Crippen molar-refractivity contribution in [3.63, 3.8) is 0 Å². The number of nitrogens with one attached hydrogen (secondary N) is 1. The van der Waals surface area contributed by atoms with Crippen LogP contribution >= 0.6 is 11.8 Å². The zero-order chi connectivity index (χ0) is 11.7. The normalized spacial score (nSPS) is 40.4. The molecule has 3 rings (SSSR count). The number of thioether (sulfide) groups is 1. The van der Waals surface area contributed by atoms with Crippen molar-refractivity contribution in [2.45, 2.75) is 74.3 Å². The summed E-state index contributed by atoms with van der Waals surface area (Å²) >= 11 is 2.05. The minimum Gasteiger partial charge on any atom is -0.375 e. The van der Waals surface area contributed by atoms with Crippen molar-refractivity contribution in [3.8, 4) is 0 Å². The van der Waals surface area contributed by atoms with Crippen LogP contribution in [0.4, 0.5) is 0 Å². The van der Waals surface area contributed by atoms with Crippen LogP contribution in [0.15, 0.2) is 0 Å². The van der Waals surface area contributed by atoms with Crippen molar-refractivity contribution < 1.29 is 4.74 Å². The van der Waals surface area contributed by atoms with Gasteiger partial charge in [-0.15, -0.1) is 0 Å². The Morgan fingerprint density at radius 2 is 2.06 bits per heavy atom. The second kappa shape index (κ2) is 5.10. The molecule has 1 N–H and O–H groups in total. The molecule has 1 spiro atoms. The maximum Gasteiger partial charge on any atom is 0.0697 e. The fraction of sp³-hybridized carbons (Fsp3) is 1.00. The molecule has 2 nitrogen and oxygen atoms in total. The van der Waals surface area contributed by atoms with E-state index in [0.717, 1.165) is 23.9 Å². The quantitative estimate of drug-likeness (QED) is 0.838. The molecule has 3 unspecified atom stereocenters. The lowest BCUT2D eigenvalue weighted by Gasteiger charge is -2.48. The minimum atomic E-state index is 0.295. The largest absolute Gasteiger partial charge is 0.375 e. The van der Waals surface area contributed by atoms with Gasteiger partial charge in [-0.3, -0.25) is 0 Å². The van der Waals surface area contributed by atoms with E-state index in [0.29, 0.717) is 5.60 Å². The maximum atomic E-state index is 6.00. The van der Waals surface area contributed by atoms with Gasteiger partial charge in [-0.05, 0) is 51.2 Å². The summed E-state index contributed by atoms with van der Waals surface area (Å²) in [5, 5.41) is 4.80. The van der Waals surface area contributed by atoms with Gasteiger partial charge >= 0.3 is 0 Å². The Labute approximate surface area is 109 Å². The molecule has 17 heavy (non-hydrogen) atoms. The number of ether oxygens (including phenoxy) is 1. The number of hydrogen-bond acceptors (Lipinski definition) is 3. The van der Waals surface area contributed by atoms with E-state index in [-0.39, 0.29) is 0 Å². The summed E-state index contributed by atoms with van der Waals surface area (Å²) in [5.74, 6) is 0. The molecular weight excluding hydrogens is 230 g/mol. The van der Waals surface area contributed by atoms with Gasteiger partial charge in [-0.1, -0.05) is 6.42 Å². The molecule has 0 aromatic heterocycles. The van der Waals surface area contributed by atoms with Crippen molar-refractivity contribution in [2.24, 2.45) is 0 Å². The molecule has 98 valence electrons. The van der Waals surface area contributed by atoms with Crippen molar-refractivity contribution in [1.82, 2.24) is 5.32 Å². The van der Waals surface area contributed by atoms with E-state index < -0.39 is 0 Å². The lowest BCUT2D eigenvalue weighted by atomic mass is 9.74.